The Morgan fingerprint density at radius 2 is 2.14 bits per heavy atom. The van der Waals surface area contributed by atoms with Crippen LogP contribution in [-0.4, -0.2) is 18.7 Å². The average Bonchev–Trinajstić information content (AvgIpc) is 3.01. The van der Waals surface area contributed by atoms with Gasteiger partial charge in [0.25, 0.3) is 0 Å². The predicted octanol–water partition coefficient (Wildman–Crippen LogP) is 1.39. The number of hydrogen-bond acceptors (Lipinski definition) is 3. The van der Waals surface area contributed by atoms with Crippen LogP contribution in [0.15, 0.2) is 23.5 Å². The molecule has 0 aliphatic heterocycles. The van der Waals surface area contributed by atoms with Crippen molar-refractivity contribution in [1.29, 1.82) is 0 Å². The monoisotopic (exact) mass is 192 g/mol. The number of ether oxygens (including phenoxy) is 1. The Bertz CT molecular complexity index is 310. The van der Waals surface area contributed by atoms with E-state index in [1.54, 1.807) is 12.2 Å². The molecular formula is C11H12O3. The molecule has 2 rings (SSSR count). The SMILES string of the molecule is O=CC1=CC(OC2CC2)=CC(C=O)C1. The quantitative estimate of drug-likeness (QED) is 0.632. The summed E-state index contributed by atoms with van der Waals surface area (Å²) in [6.45, 7) is 0. The van der Waals surface area contributed by atoms with Gasteiger partial charge in [0, 0.05) is 5.92 Å². The van der Waals surface area contributed by atoms with Gasteiger partial charge in [-0.1, -0.05) is 0 Å². The first kappa shape index (κ1) is 9.19. The number of aldehydes is 2. The fourth-order valence-electron chi connectivity index (χ4n) is 1.45. The second-order valence-corrected chi connectivity index (χ2v) is 3.73. The molecule has 0 radical (unpaired) electrons. The van der Waals surface area contributed by atoms with Crippen molar-refractivity contribution in [3.63, 3.8) is 0 Å². The lowest BCUT2D eigenvalue weighted by Crippen LogP contribution is -2.09. The molecule has 3 nitrogen and oxygen atoms in total. The summed E-state index contributed by atoms with van der Waals surface area (Å²) in [5, 5.41) is 0. The summed E-state index contributed by atoms with van der Waals surface area (Å²) in [5.74, 6) is 0.479. The number of carbonyl (C=O) groups is 2. The molecule has 0 aromatic carbocycles. The van der Waals surface area contributed by atoms with Gasteiger partial charge in [-0.3, -0.25) is 4.79 Å². The first-order valence-electron chi connectivity index (χ1n) is 4.81. The molecule has 1 unspecified atom stereocenters. The second kappa shape index (κ2) is 3.78. The highest BCUT2D eigenvalue weighted by molar-refractivity contribution is 5.76. The lowest BCUT2D eigenvalue weighted by Gasteiger charge is -2.15. The van der Waals surface area contributed by atoms with Crippen molar-refractivity contribution in [2.24, 2.45) is 5.92 Å². The van der Waals surface area contributed by atoms with E-state index in [9.17, 15) is 9.59 Å². The van der Waals surface area contributed by atoms with E-state index in [1.165, 1.54) is 0 Å². The normalized spacial score (nSPS) is 26.1. The molecule has 2 aliphatic carbocycles. The Kier molecular flexibility index (Phi) is 2.48. The Morgan fingerprint density at radius 3 is 2.71 bits per heavy atom. The van der Waals surface area contributed by atoms with Crippen LogP contribution < -0.4 is 0 Å². The summed E-state index contributed by atoms with van der Waals surface area (Å²) in [6, 6.07) is 0. The molecule has 3 heteroatoms. The van der Waals surface area contributed by atoms with Crippen LogP contribution in [0.1, 0.15) is 19.3 Å². The second-order valence-electron chi connectivity index (χ2n) is 3.73. The van der Waals surface area contributed by atoms with Crippen LogP contribution >= 0.6 is 0 Å². The first-order chi connectivity index (χ1) is 6.81. The highest BCUT2D eigenvalue weighted by Gasteiger charge is 2.25. The van der Waals surface area contributed by atoms with Gasteiger partial charge >= 0.3 is 0 Å². The van der Waals surface area contributed by atoms with E-state index in [-0.39, 0.29) is 5.92 Å². The lowest BCUT2D eigenvalue weighted by molar-refractivity contribution is -0.110. The molecule has 0 amide bonds. The van der Waals surface area contributed by atoms with Gasteiger partial charge in [-0.15, -0.1) is 0 Å². The maximum Gasteiger partial charge on any atom is 0.146 e. The van der Waals surface area contributed by atoms with E-state index in [0.29, 0.717) is 23.9 Å². The van der Waals surface area contributed by atoms with Crippen molar-refractivity contribution >= 4 is 12.6 Å². The fraction of sp³-hybridized carbons (Fsp3) is 0.455. The summed E-state index contributed by atoms with van der Waals surface area (Å²) in [4.78, 5) is 21.2. The lowest BCUT2D eigenvalue weighted by atomic mass is 9.95. The number of carbonyl (C=O) groups excluding carboxylic acids is 2. The molecule has 0 spiro atoms. The predicted molar refractivity (Wildman–Crippen MR) is 50.5 cm³/mol. The van der Waals surface area contributed by atoms with Crippen LogP contribution in [0.25, 0.3) is 0 Å². The van der Waals surface area contributed by atoms with Crippen LogP contribution in [0.2, 0.25) is 0 Å². The smallest absolute Gasteiger partial charge is 0.146 e. The van der Waals surface area contributed by atoms with Gasteiger partial charge in [-0.05, 0) is 37.0 Å². The summed E-state index contributed by atoms with van der Waals surface area (Å²) in [7, 11) is 0. The zero-order chi connectivity index (χ0) is 9.97. The van der Waals surface area contributed by atoms with Crippen molar-refractivity contribution in [3.8, 4) is 0 Å². The maximum atomic E-state index is 10.6. The Balaban J connectivity index is 2.09. The molecular weight excluding hydrogens is 180 g/mol. The van der Waals surface area contributed by atoms with Crippen LogP contribution in [-0.2, 0) is 14.3 Å². The van der Waals surface area contributed by atoms with Gasteiger partial charge in [0.15, 0.2) is 0 Å². The summed E-state index contributed by atoms with van der Waals surface area (Å²) in [5.41, 5.74) is 0.639. The van der Waals surface area contributed by atoms with Gasteiger partial charge in [0.05, 0.1) is 6.10 Å². The zero-order valence-corrected chi connectivity index (χ0v) is 7.81. The van der Waals surface area contributed by atoms with E-state index in [4.69, 9.17) is 4.74 Å². The third-order valence-corrected chi connectivity index (χ3v) is 2.33. The Hall–Kier alpha value is -1.38. The molecule has 1 fully saturated rings. The minimum atomic E-state index is -0.200. The molecule has 1 atom stereocenters. The molecule has 0 aromatic heterocycles. The molecule has 14 heavy (non-hydrogen) atoms. The average molecular weight is 192 g/mol. The van der Waals surface area contributed by atoms with Gasteiger partial charge in [0.2, 0.25) is 0 Å². The van der Waals surface area contributed by atoms with Crippen LogP contribution in [0.4, 0.5) is 0 Å². The molecule has 0 saturated heterocycles. The van der Waals surface area contributed by atoms with E-state index in [0.717, 1.165) is 25.4 Å². The summed E-state index contributed by atoms with van der Waals surface area (Å²) < 4.78 is 5.53. The van der Waals surface area contributed by atoms with Crippen LogP contribution in [0.5, 0.6) is 0 Å². The molecule has 0 bridgehead atoms. The van der Waals surface area contributed by atoms with Gasteiger partial charge in [-0.25, -0.2) is 0 Å². The third kappa shape index (κ3) is 2.10. The molecule has 0 N–H and O–H groups in total. The number of rotatable bonds is 4. The van der Waals surface area contributed by atoms with Gasteiger partial charge < -0.3 is 9.53 Å². The van der Waals surface area contributed by atoms with Crippen molar-refractivity contribution in [1.82, 2.24) is 0 Å². The van der Waals surface area contributed by atoms with Crippen molar-refractivity contribution in [3.05, 3.63) is 23.5 Å². The number of hydrogen-bond donors (Lipinski definition) is 0. The summed E-state index contributed by atoms with van der Waals surface area (Å²) >= 11 is 0. The minimum absolute atomic E-state index is 0.200. The molecule has 0 aromatic rings. The third-order valence-electron chi connectivity index (χ3n) is 2.33. The van der Waals surface area contributed by atoms with E-state index in [1.807, 2.05) is 0 Å². The van der Waals surface area contributed by atoms with Crippen LogP contribution in [0.3, 0.4) is 0 Å². The molecule has 2 aliphatic rings. The first-order valence-corrected chi connectivity index (χ1v) is 4.81. The molecule has 1 saturated carbocycles. The van der Waals surface area contributed by atoms with E-state index < -0.39 is 0 Å². The van der Waals surface area contributed by atoms with Gasteiger partial charge in [-0.2, -0.15) is 0 Å². The highest BCUT2D eigenvalue weighted by Crippen LogP contribution is 2.29. The Labute approximate surface area is 82.4 Å². The summed E-state index contributed by atoms with van der Waals surface area (Å²) in [6.07, 6.45) is 8.12. The Morgan fingerprint density at radius 1 is 1.36 bits per heavy atom. The maximum absolute atomic E-state index is 10.6. The number of allylic oxidation sites excluding steroid dienone is 3. The van der Waals surface area contributed by atoms with Crippen molar-refractivity contribution < 1.29 is 14.3 Å². The molecule has 74 valence electrons. The zero-order valence-electron chi connectivity index (χ0n) is 7.81. The van der Waals surface area contributed by atoms with E-state index in [2.05, 4.69) is 0 Å². The largest absolute Gasteiger partial charge is 0.491 e. The van der Waals surface area contributed by atoms with Gasteiger partial charge in [0.1, 0.15) is 18.3 Å². The standard InChI is InChI=1S/C11H12O3/c12-6-8-3-9(7-13)5-11(4-8)14-10-1-2-10/h4-8,10H,1-3H2. The fourth-order valence-corrected chi connectivity index (χ4v) is 1.45. The van der Waals surface area contributed by atoms with Crippen molar-refractivity contribution in [2.75, 3.05) is 0 Å². The topological polar surface area (TPSA) is 43.4 Å². The van der Waals surface area contributed by atoms with Crippen molar-refractivity contribution in [2.45, 2.75) is 25.4 Å². The highest BCUT2D eigenvalue weighted by atomic mass is 16.5. The minimum Gasteiger partial charge on any atom is -0.491 e. The molecule has 0 heterocycles. The van der Waals surface area contributed by atoms with Crippen LogP contribution in [0, 0.1) is 5.92 Å². The van der Waals surface area contributed by atoms with E-state index >= 15 is 0 Å².